The molecule has 0 unspecified atom stereocenters. The van der Waals surface area contributed by atoms with Crippen molar-refractivity contribution in [2.24, 2.45) is 0 Å². The van der Waals surface area contributed by atoms with Crippen LogP contribution in [0.4, 0.5) is 5.69 Å². The number of aromatic nitrogens is 3. The van der Waals surface area contributed by atoms with Gasteiger partial charge in [-0.1, -0.05) is 22.8 Å². The summed E-state index contributed by atoms with van der Waals surface area (Å²) in [5.74, 6) is 1.62. The van der Waals surface area contributed by atoms with E-state index in [4.69, 9.17) is 21.9 Å². The number of rotatable bonds is 4. The Morgan fingerprint density at radius 1 is 1.24 bits per heavy atom. The van der Waals surface area contributed by atoms with E-state index in [9.17, 15) is 0 Å². The van der Waals surface area contributed by atoms with Crippen molar-refractivity contribution in [3.63, 3.8) is 0 Å². The molecule has 0 aliphatic carbocycles. The molecule has 2 aromatic heterocycles. The Morgan fingerprint density at radius 2 is 2.14 bits per heavy atom. The molecule has 106 valence electrons. The molecule has 0 aliphatic rings. The quantitative estimate of drug-likeness (QED) is 0.740. The third-order valence-corrected chi connectivity index (χ3v) is 3.86. The highest BCUT2D eigenvalue weighted by atomic mass is 35.5. The van der Waals surface area contributed by atoms with Crippen LogP contribution in [0.2, 0.25) is 5.02 Å². The van der Waals surface area contributed by atoms with E-state index >= 15 is 0 Å². The molecule has 7 heteroatoms. The lowest BCUT2D eigenvalue weighted by Crippen LogP contribution is -1.88. The third-order valence-electron chi connectivity index (χ3n) is 2.64. The molecule has 0 fully saturated rings. The molecular weight excluding hydrogens is 308 g/mol. The van der Waals surface area contributed by atoms with Crippen LogP contribution in [-0.4, -0.2) is 15.1 Å². The molecule has 2 N–H and O–H groups in total. The Morgan fingerprint density at radius 3 is 2.95 bits per heavy atom. The average Bonchev–Trinajstić information content (AvgIpc) is 2.94. The van der Waals surface area contributed by atoms with Crippen LogP contribution in [0.15, 0.2) is 52.1 Å². The molecule has 0 atom stereocenters. The Hall–Kier alpha value is -2.05. The highest BCUT2D eigenvalue weighted by Crippen LogP contribution is 2.25. The minimum Gasteiger partial charge on any atom is -0.397 e. The number of nitrogens with zero attached hydrogens (tertiary/aromatic N) is 3. The van der Waals surface area contributed by atoms with Crippen LogP contribution < -0.4 is 5.73 Å². The van der Waals surface area contributed by atoms with Gasteiger partial charge >= 0.3 is 0 Å². The number of anilines is 1. The van der Waals surface area contributed by atoms with E-state index in [0.29, 0.717) is 33.7 Å². The zero-order chi connectivity index (χ0) is 14.7. The van der Waals surface area contributed by atoms with Crippen molar-refractivity contribution < 1.29 is 4.52 Å². The van der Waals surface area contributed by atoms with Crippen LogP contribution in [0.5, 0.6) is 0 Å². The van der Waals surface area contributed by atoms with Crippen LogP contribution in [0.3, 0.4) is 0 Å². The van der Waals surface area contributed by atoms with Crippen molar-refractivity contribution in [2.45, 2.75) is 10.6 Å². The Kier molecular flexibility index (Phi) is 4.08. The maximum absolute atomic E-state index is 5.94. The SMILES string of the molecule is Nc1cncc(-c2nc(CSc3cccc(Cl)c3)no2)c1. The van der Waals surface area contributed by atoms with Crippen molar-refractivity contribution in [1.29, 1.82) is 0 Å². The monoisotopic (exact) mass is 318 g/mol. The summed E-state index contributed by atoms with van der Waals surface area (Å²) in [5, 5.41) is 4.66. The molecule has 2 heterocycles. The van der Waals surface area contributed by atoms with Gasteiger partial charge in [-0.25, -0.2) is 0 Å². The molecule has 1 aromatic carbocycles. The van der Waals surface area contributed by atoms with Gasteiger partial charge < -0.3 is 10.3 Å². The van der Waals surface area contributed by atoms with Crippen LogP contribution >= 0.6 is 23.4 Å². The summed E-state index contributed by atoms with van der Waals surface area (Å²) >= 11 is 7.53. The fraction of sp³-hybridized carbons (Fsp3) is 0.0714. The minimum atomic E-state index is 0.413. The van der Waals surface area contributed by atoms with Crippen LogP contribution in [0.25, 0.3) is 11.5 Å². The van der Waals surface area contributed by atoms with Crippen LogP contribution in [-0.2, 0) is 5.75 Å². The van der Waals surface area contributed by atoms with Gasteiger partial charge in [0.25, 0.3) is 5.89 Å². The second kappa shape index (κ2) is 6.15. The van der Waals surface area contributed by atoms with Crippen molar-refractivity contribution >= 4 is 29.1 Å². The highest BCUT2D eigenvalue weighted by Gasteiger charge is 2.10. The zero-order valence-electron chi connectivity index (χ0n) is 10.9. The number of benzene rings is 1. The van der Waals surface area contributed by atoms with Gasteiger partial charge in [-0.2, -0.15) is 4.98 Å². The molecule has 0 radical (unpaired) electrons. The Balaban J connectivity index is 1.71. The average molecular weight is 319 g/mol. The first kappa shape index (κ1) is 13.9. The van der Waals surface area contributed by atoms with Gasteiger partial charge in [-0.15, -0.1) is 11.8 Å². The largest absolute Gasteiger partial charge is 0.397 e. The molecule has 3 aromatic rings. The molecule has 0 amide bonds. The van der Waals surface area contributed by atoms with Crippen molar-refractivity contribution in [3.05, 3.63) is 53.6 Å². The predicted octanol–water partition coefficient (Wildman–Crippen LogP) is 3.66. The van der Waals surface area contributed by atoms with Crippen LogP contribution in [0, 0.1) is 0 Å². The predicted molar refractivity (Wildman–Crippen MR) is 83.0 cm³/mol. The first-order chi connectivity index (χ1) is 10.2. The molecule has 0 saturated carbocycles. The molecule has 0 bridgehead atoms. The van der Waals surface area contributed by atoms with Crippen molar-refractivity contribution in [1.82, 2.24) is 15.1 Å². The van der Waals surface area contributed by atoms with Gasteiger partial charge in [-0.3, -0.25) is 4.98 Å². The number of hydrogen-bond acceptors (Lipinski definition) is 6. The molecule has 5 nitrogen and oxygen atoms in total. The first-order valence-electron chi connectivity index (χ1n) is 6.12. The second-order valence-corrected chi connectivity index (χ2v) is 5.75. The van der Waals surface area contributed by atoms with E-state index < -0.39 is 0 Å². The van der Waals surface area contributed by atoms with E-state index in [1.54, 1.807) is 30.2 Å². The Bertz CT molecular complexity index is 762. The summed E-state index contributed by atoms with van der Waals surface area (Å²) in [4.78, 5) is 9.39. The first-order valence-corrected chi connectivity index (χ1v) is 7.49. The van der Waals surface area contributed by atoms with Gasteiger partial charge in [0.2, 0.25) is 0 Å². The molecular formula is C14H11ClN4OS. The summed E-state index contributed by atoms with van der Waals surface area (Å²) < 4.78 is 5.22. The number of nitrogens with two attached hydrogens (primary N) is 1. The lowest BCUT2D eigenvalue weighted by molar-refractivity contribution is 0.425. The van der Waals surface area contributed by atoms with Gasteiger partial charge in [-0.05, 0) is 24.3 Å². The topological polar surface area (TPSA) is 77.8 Å². The van der Waals surface area contributed by atoms with Gasteiger partial charge in [0.15, 0.2) is 5.82 Å². The molecule has 3 rings (SSSR count). The molecule has 0 saturated heterocycles. The van der Waals surface area contributed by atoms with E-state index in [0.717, 1.165) is 4.90 Å². The van der Waals surface area contributed by atoms with E-state index in [1.807, 2.05) is 24.3 Å². The van der Waals surface area contributed by atoms with Crippen molar-refractivity contribution in [2.75, 3.05) is 5.73 Å². The number of halogens is 1. The van der Waals surface area contributed by atoms with Gasteiger partial charge in [0.05, 0.1) is 17.0 Å². The van der Waals surface area contributed by atoms with E-state index in [2.05, 4.69) is 15.1 Å². The fourth-order valence-corrected chi connectivity index (χ4v) is 2.76. The van der Waals surface area contributed by atoms with E-state index in [-0.39, 0.29) is 0 Å². The third kappa shape index (κ3) is 3.53. The molecule has 21 heavy (non-hydrogen) atoms. The maximum atomic E-state index is 5.94. The number of nitrogen functional groups attached to an aromatic ring is 1. The van der Waals surface area contributed by atoms with Crippen LogP contribution in [0.1, 0.15) is 5.82 Å². The summed E-state index contributed by atoms with van der Waals surface area (Å²) in [7, 11) is 0. The fourth-order valence-electron chi connectivity index (χ4n) is 1.71. The number of hydrogen-bond donors (Lipinski definition) is 1. The minimum absolute atomic E-state index is 0.413. The summed E-state index contributed by atoms with van der Waals surface area (Å²) in [6, 6.07) is 9.37. The number of thioether (sulfide) groups is 1. The second-order valence-electron chi connectivity index (χ2n) is 4.27. The number of pyridine rings is 1. The molecule has 0 aliphatic heterocycles. The zero-order valence-corrected chi connectivity index (χ0v) is 12.4. The maximum Gasteiger partial charge on any atom is 0.259 e. The normalized spacial score (nSPS) is 10.7. The summed E-state index contributed by atoms with van der Waals surface area (Å²) in [5.41, 5.74) is 6.95. The van der Waals surface area contributed by atoms with Crippen molar-refractivity contribution in [3.8, 4) is 11.5 Å². The van der Waals surface area contributed by atoms with E-state index in [1.165, 1.54) is 0 Å². The van der Waals surface area contributed by atoms with Gasteiger partial charge in [0.1, 0.15) is 0 Å². The lowest BCUT2D eigenvalue weighted by atomic mass is 10.2. The Labute approximate surface area is 130 Å². The summed E-state index contributed by atoms with van der Waals surface area (Å²) in [6.07, 6.45) is 3.20. The molecule has 0 spiro atoms. The van der Waals surface area contributed by atoms with Gasteiger partial charge in [0, 0.05) is 22.3 Å². The highest BCUT2D eigenvalue weighted by molar-refractivity contribution is 7.98. The lowest BCUT2D eigenvalue weighted by Gasteiger charge is -1.98. The smallest absolute Gasteiger partial charge is 0.259 e. The summed E-state index contributed by atoms with van der Waals surface area (Å²) in [6.45, 7) is 0. The standard InChI is InChI=1S/C14H11ClN4OS/c15-10-2-1-3-12(5-10)21-8-13-18-14(20-19-13)9-4-11(16)7-17-6-9/h1-7H,8,16H2.